The number of hydrogen-bond acceptors (Lipinski definition) is 21. The van der Waals surface area contributed by atoms with Crippen molar-refractivity contribution < 1.29 is 125 Å². The normalized spacial score (nSPS) is 9.84. The zero-order valence-corrected chi connectivity index (χ0v) is 25.3. The molecule has 0 aromatic heterocycles. The molecule has 0 saturated carbocycles. The Hall–Kier alpha value is -4.32. The van der Waals surface area contributed by atoms with Gasteiger partial charge in [-0.3, -0.25) is 0 Å². The van der Waals surface area contributed by atoms with Crippen molar-refractivity contribution in [3.63, 3.8) is 0 Å². The van der Waals surface area contributed by atoms with Crippen molar-refractivity contribution in [3.05, 3.63) is 0 Å². The average molecular weight is 805 g/mol. The summed E-state index contributed by atoms with van der Waals surface area (Å²) < 4.78 is 0. The molecule has 15 N–H and O–H groups in total. The molecule has 0 atom stereocenters. The molecule has 0 amide bonds. The zero-order valence-electron chi connectivity index (χ0n) is 22.3. The number of hydrogen-bond donors (Lipinski definition) is 6. The van der Waals surface area contributed by atoms with E-state index in [-0.39, 0.29) is 39.5 Å². The van der Waals surface area contributed by atoms with Gasteiger partial charge in [0.25, 0.3) is 0 Å². The summed E-state index contributed by atoms with van der Waals surface area (Å²) in [6, 6.07) is 0. The van der Waals surface area contributed by atoms with Crippen molar-refractivity contribution in [1.82, 2.24) is 18.5 Å². The van der Waals surface area contributed by atoms with Crippen molar-refractivity contribution >= 4 is 53.7 Å². The van der Waals surface area contributed by atoms with Crippen LogP contribution in [0.25, 0.3) is 0 Å². The third kappa shape index (κ3) is 25.1. The Morgan fingerprint density at radius 3 is 0.488 bits per heavy atom. The summed E-state index contributed by atoms with van der Waals surface area (Å²) in [5, 5.41) is 117. The van der Waals surface area contributed by atoms with E-state index in [1.165, 1.54) is 0 Å². The van der Waals surface area contributed by atoms with Gasteiger partial charge in [0.15, 0.2) is 0 Å². The number of carboxylic acids is 9. The van der Waals surface area contributed by atoms with Crippen LogP contribution in [0.4, 0.5) is 0 Å². The first kappa shape index (κ1) is 54.7. The summed E-state index contributed by atoms with van der Waals surface area (Å²) in [6.45, 7) is 0. The fraction of sp³-hybridized carbons (Fsp3) is 0.500. The van der Waals surface area contributed by atoms with E-state index in [2.05, 4.69) is 0 Å². The van der Waals surface area contributed by atoms with E-state index in [1.54, 1.807) is 0 Å². The van der Waals surface area contributed by atoms with Crippen molar-refractivity contribution in [3.8, 4) is 0 Å². The van der Waals surface area contributed by atoms with Gasteiger partial charge in [0.2, 0.25) is 0 Å². The predicted octanol–water partition coefficient (Wildman–Crippen LogP) is -14.6. The standard InChI is InChI=1S/3C6H8O7.3H3N.W/c3*7-3(8)1-6(13,5(11)12)2-4(9)10;;;;/h3*13H,1-2H2,(H,7,8)(H,9,10)(H,11,12);3*1H3;/p-6. The molecule has 0 bridgehead atoms. The topological polar surface area (TPSA) is 531 Å². The Morgan fingerprint density at radius 2 is 0.442 bits per heavy atom. The third-order valence-corrected chi connectivity index (χ3v) is 3.76. The fourth-order valence-corrected chi connectivity index (χ4v) is 2.05. The van der Waals surface area contributed by atoms with Gasteiger partial charge < -0.3 is 123 Å². The summed E-state index contributed by atoms with van der Waals surface area (Å²) >= 11 is 0. The van der Waals surface area contributed by atoms with Crippen LogP contribution in [0.15, 0.2) is 0 Å². The number of aliphatic carboxylic acids is 9. The van der Waals surface area contributed by atoms with Crippen LogP contribution in [0.1, 0.15) is 38.5 Å². The van der Waals surface area contributed by atoms with Gasteiger partial charge in [0.1, 0.15) is 16.8 Å². The molecule has 43 heavy (non-hydrogen) atoms. The summed E-state index contributed by atoms with van der Waals surface area (Å²) in [5.41, 5.74) is -8.92. The Bertz CT molecular complexity index is 828. The minimum Gasteiger partial charge on any atom is -0.550 e. The van der Waals surface area contributed by atoms with Crippen LogP contribution in [0.5, 0.6) is 0 Å². The number of quaternary nitrogens is 3. The molecule has 0 aliphatic carbocycles. The van der Waals surface area contributed by atoms with E-state index in [9.17, 15) is 89.1 Å². The molecule has 0 saturated heterocycles. The Labute approximate surface area is 253 Å². The molecule has 0 aromatic carbocycles. The minimum absolute atomic E-state index is 0. The first-order valence-electron chi connectivity index (χ1n) is 9.34. The van der Waals surface area contributed by atoms with Crippen molar-refractivity contribution in [2.24, 2.45) is 0 Å². The first-order valence-corrected chi connectivity index (χ1v) is 9.34. The number of carbonyl (C=O) groups excluding carboxylic acids is 9. The van der Waals surface area contributed by atoms with Crippen LogP contribution in [0.2, 0.25) is 0 Å². The Morgan fingerprint density at radius 1 is 0.349 bits per heavy atom. The van der Waals surface area contributed by atoms with E-state index >= 15 is 0 Å². The second-order valence-corrected chi connectivity index (χ2v) is 7.25. The second kappa shape index (κ2) is 23.3. The van der Waals surface area contributed by atoms with Crippen LogP contribution in [-0.2, 0) is 64.2 Å². The number of rotatable bonds is 15. The second-order valence-electron chi connectivity index (χ2n) is 7.25. The van der Waals surface area contributed by atoms with Gasteiger partial charge in [-0.05, 0) is 0 Å². The van der Waals surface area contributed by atoms with Crippen LogP contribution >= 0.6 is 0 Å². The summed E-state index contributed by atoms with van der Waals surface area (Å²) in [6.07, 6.45) is -8.15. The molecule has 0 radical (unpaired) electrons. The quantitative estimate of drug-likeness (QED) is 0.0894. The molecule has 0 fully saturated rings. The van der Waals surface area contributed by atoms with Gasteiger partial charge in [0.05, 0.1) is 17.9 Å². The third-order valence-electron chi connectivity index (χ3n) is 3.76. The van der Waals surface area contributed by atoms with Crippen LogP contribution in [-0.4, -0.2) is 85.8 Å². The van der Waals surface area contributed by atoms with Crippen LogP contribution < -0.4 is 64.4 Å². The van der Waals surface area contributed by atoms with Gasteiger partial charge in [-0.25, -0.2) is 0 Å². The molecule has 0 heterocycles. The maximum atomic E-state index is 10.1. The fourth-order valence-electron chi connectivity index (χ4n) is 2.05. The molecule has 0 unspecified atom stereocenters. The van der Waals surface area contributed by atoms with E-state index < -0.39 is 109 Å². The Balaban J connectivity index is -0.0000000864. The van der Waals surface area contributed by atoms with Crippen molar-refractivity contribution in [2.75, 3.05) is 0 Å². The molecule has 0 rings (SSSR count). The number of carbonyl (C=O) groups is 9. The molecular formula is C18H27N3O21W-6. The minimum atomic E-state index is -2.97. The van der Waals surface area contributed by atoms with Gasteiger partial charge in [-0.2, -0.15) is 0 Å². The van der Waals surface area contributed by atoms with E-state index in [4.69, 9.17) is 15.3 Å². The first-order chi connectivity index (χ1) is 17.3. The average Bonchev–Trinajstić information content (AvgIpc) is 2.64. The zero-order chi connectivity index (χ0) is 31.9. The van der Waals surface area contributed by atoms with E-state index in [0.29, 0.717) is 0 Å². The van der Waals surface area contributed by atoms with Gasteiger partial charge in [-0.15, -0.1) is 0 Å². The van der Waals surface area contributed by atoms with Crippen LogP contribution in [0.3, 0.4) is 0 Å². The summed E-state index contributed by atoms with van der Waals surface area (Å²) in [7, 11) is 0. The molecule has 24 nitrogen and oxygen atoms in total. The molecule has 252 valence electrons. The summed E-state index contributed by atoms with van der Waals surface area (Å²) in [4.78, 5) is 90.0. The predicted molar refractivity (Wildman–Crippen MR) is 106 cm³/mol. The smallest absolute Gasteiger partial charge is 0.114 e. The molecule has 0 spiro atoms. The molecule has 0 aromatic rings. The number of aliphatic hydroxyl groups is 3. The molecular weight excluding hydrogens is 778 g/mol. The monoisotopic (exact) mass is 805 g/mol. The van der Waals surface area contributed by atoms with E-state index in [1.807, 2.05) is 0 Å². The molecule has 25 heteroatoms. The summed E-state index contributed by atoms with van der Waals surface area (Å²) in [5.74, 6) is -18.0. The van der Waals surface area contributed by atoms with Crippen molar-refractivity contribution in [2.45, 2.75) is 55.3 Å². The maximum absolute atomic E-state index is 10.1. The van der Waals surface area contributed by atoms with Gasteiger partial charge in [-0.1, -0.05) is 0 Å². The number of carboxylic acid groups (broad SMARTS) is 9. The molecule has 0 aliphatic heterocycles. The van der Waals surface area contributed by atoms with Crippen LogP contribution in [0, 0.1) is 0 Å². The maximum Gasteiger partial charge on any atom is 0.114 e. The van der Waals surface area contributed by atoms with Gasteiger partial charge in [0, 0.05) is 95.4 Å². The Kier molecular flexibility index (Phi) is 29.6. The molecule has 0 aliphatic rings. The largest absolute Gasteiger partial charge is 0.550 e. The van der Waals surface area contributed by atoms with Crippen molar-refractivity contribution in [1.29, 1.82) is 0 Å². The SMILES string of the molecule is O=C([O-])CC(O)(CC(=O)[O-])C(=O)[O-].O=C([O-])CC(O)(CC(=O)[O-])C(=O)[O-].O=C([O-])CC(O)(CC(=O)[O-])C(=O)[O-].[NH4+].[NH4+].[NH4+].[W]. The van der Waals surface area contributed by atoms with E-state index in [0.717, 1.165) is 0 Å². The van der Waals surface area contributed by atoms with Gasteiger partial charge >= 0.3 is 0 Å².